The molecule has 2 aromatic rings. The van der Waals surface area contributed by atoms with Crippen LogP contribution in [0.2, 0.25) is 4.34 Å². The predicted molar refractivity (Wildman–Crippen MR) is 72.6 cm³/mol. The van der Waals surface area contributed by atoms with Crippen molar-refractivity contribution in [3.8, 4) is 0 Å². The summed E-state index contributed by atoms with van der Waals surface area (Å²) in [4.78, 5) is 17.7. The normalized spacial score (nSPS) is 10.3. The van der Waals surface area contributed by atoms with Crippen molar-refractivity contribution in [2.45, 2.75) is 6.54 Å². The molecule has 2 aromatic heterocycles. The maximum Gasteiger partial charge on any atom is 0.354 e. The van der Waals surface area contributed by atoms with Crippen molar-refractivity contribution in [3.63, 3.8) is 0 Å². The summed E-state index contributed by atoms with van der Waals surface area (Å²) in [6.45, 7) is 0.714. The Morgan fingerprint density at radius 1 is 1.44 bits per heavy atom. The standard InChI is InChI=1S/C12H11ClN2O2S/c1-15(7-9-3-5-11(13)18-9)8-2-4-10(12(16)17)14-6-8/h2-6H,7H2,1H3,(H,16,17). The number of thiophene rings is 1. The first-order valence-corrected chi connectivity index (χ1v) is 6.40. The van der Waals surface area contributed by atoms with E-state index >= 15 is 0 Å². The minimum atomic E-state index is -1.02. The molecular formula is C12H11ClN2O2S. The Balaban J connectivity index is 2.09. The van der Waals surface area contributed by atoms with E-state index in [1.807, 2.05) is 24.1 Å². The van der Waals surface area contributed by atoms with Crippen LogP contribution >= 0.6 is 22.9 Å². The second kappa shape index (κ2) is 5.37. The Bertz CT molecular complexity index is 553. The van der Waals surface area contributed by atoms with Gasteiger partial charge < -0.3 is 10.0 Å². The number of carboxylic acid groups (broad SMARTS) is 1. The number of hydrogen-bond donors (Lipinski definition) is 1. The van der Waals surface area contributed by atoms with Gasteiger partial charge >= 0.3 is 5.97 Å². The third-order valence-electron chi connectivity index (χ3n) is 2.43. The van der Waals surface area contributed by atoms with Crippen LogP contribution < -0.4 is 4.90 Å². The van der Waals surface area contributed by atoms with Crippen molar-refractivity contribution in [3.05, 3.63) is 45.4 Å². The Kier molecular flexibility index (Phi) is 3.84. The van der Waals surface area contributed by atoms with Crippen molar-refractivity contribution in [2.75, 3.05) is 11.9 Å². The zero-order valence-electron chi connectivity index (χ0n) is 9.63. The number of aromatic carboxylic acids is 1. The van der Waals surface area contributed by atoms with Gasteiger partial charge in [0.1, 0.15) is 5.69 Å². The molecule has 0 unspecified atom stereocenters. The molecule has 0 aromatic carbocycles. The Morgan fingerprint density at radius 3 is 2.72 bits per heavy atom. The van der Waals surface area contributed by atoms with Crippen LogP contribution in [0, 0.1) is 0 Å². The maximum absolute atomic E-state index is 10.7. The minimum Gasteiger partial charge on any atom is -0.477 e. The fraction of sp³-hybridized carbons (Fsp3) is 0.167. The molecule has 0 atom stereocenters. The van der Waals surface area contributed by atoms with Crippen LogP contribution in [-0.2, 0) is 6.54 Å². The van der Waals surface area contributed by atoms with E-state index in [9.17, 15) is 4.79 Å². The quantitative estimate of drug-likeness (QED) is 0.936. The summed E-state index contributed by atoms with van der Waals surface area (Å²) in [6.07, 6.45) is 1.55. The molecule has 4 nitrogen and oxygen atoms in total. The van der Waals surface area contributed by atoms with Crippen LogP contribution in [0.1, 0.15) is 15.4 Å². The van der Waals surface area contributed by atoms with Gasteiger partial charge in [-0.25, -0.2) is 9.78 Å². The van der Waals surface area contributed by atoms with Crippen LogP contribution in [0.25, 0.3) is 0 Å². The lowest BCUT2D eigenvalue weighted by Crippen LogP contribution is -2.16. The molecule has 0 radical (unpaired) electrons. The molecule has 2 rings (SSSR count). The van der Waals surface area contributed by atoms with Crippen molar-refractivity contribution in [1.29, 1.82) is 0 Å². The van der Waals surface area contributed by atoms with Gasteiger partial charge in [-0.15, -0.1) is 11.3 Å². The summed E-state index contributed by atoms with van der Waals surface area (Å²) in [5.41, 5.74) is 0.913. The van der Waals surface area contributed by atoms with Crippen molar-refractivity contribution in [1.82, 2.24) is 4.98 Å². The van der Waals surface area contributed by atoms with Gasteiger partial charge in [-0.1, -0.05) is 11.6 Å². The van der Waals surface area contributed by atoms with Crippen molar-refractivity contribution >= 4 is 34.6 Å². The maximum atomic E-state index is 10.7. The summed E-state index contributed by atoms with van der Waals surface area (Å²) in [6, 6.07) is 7.07. The van der Waals surface area contributed by atoms with E-state index < -0.39 is 5.97 Å². The lowest BCUT2D eigenvalue weighted by atomic mass is 10.3. The molecule has 2 heterocycles. The fourth-order valence-corrected chi connectivity index (χ4v) is 2.64. The summed E-state index contributed by atoms with van der Waals surface area (Å²) in [5.74, 6) is -1.02. The second-order valence-electron chi connectivity index (χ2n) is 3.77. The van der Waals surface area contributed by atoms with E-state index in [4.69, 9.17) is 16.7 Å². The van der Waals surface area contributed by atoms with Gasteiger partial charge in [0.15, 0.2) is 0 Å². The molecular weight excluding hydrogens is 272 g/mol. The highest BCUT2D eigenvalue weighted by molar-refractivity contribution is 7.16. The molecule has 0 saturated heterocycles. The monoisotopic (exact) mass is 282 g/mol. The Morgan fingerprint density at radius 2 is 2.22 bits per heavy atom. The molecule has 0 aliphatic rings. The molecule has 94 valence electrons. The number of aromatic nitrogens is 1. The number of pyridine rings is 1. The van der Waals surface area contributed by atoms with E-state index in [0.29, 0.717) is 6.54 Å². The molecule has 0 aliphatic carbocycles. The average Bonchev–Trinajstić information content (AvgIpc) is 2.75. The summed E-state index contributed by atoms with van der Waals surface area (Å²) in [5, 5.41) is 8.76. The number of carbonyl (C=O) groups is 1. The Hall–Kier alpha value is -1.59. The van der Waals surface area contributed by atoms with Crippen LogP contribution in [0.3, 0.4) is 0 Å². The van der Waals surface area contributed by atoms with Gasteiger partial charge in [0.2, 0.25) is 0 Å². The van der Waals surface area contributed by atoms with E-state index in [1.165, 1.54) is 17.4 Å². The average molecular weight is 283 g/mol. The first kappa shape index (κ1) is 12.9. The van der Waals surface area contributed by atoms with Crippen LogP contribution in [0.15, 0.2) is 30.5 Å². The van der Waals surface area contributed by atoms with Gasteiger partial charge in [0.25, 0.3) is 0 Å². The largest absolute Gasteiger partial charge is 0.477 e. The zero-order chi connectivity index (χ0) is 13.1. The molecule has 0 saturated carbocycles. The lowest BCUT2D eigenvalue weighted by Gasteiger charge is -2.17. The Labute approximate surface area is 113 Å². The summed E-state index contributed by atoms with van der Waals surface area (Å²) in [7, 11) is 1.92. The molecule has 18 heavy (non-hydrogen) atoms. The van der Waals surface area contributed by atoms with E-state index in [1.54, 1.807) is 12.3 Å². The molecule has 0 fully saturated rings. The highest BCUT2D eigenvalue weighted by atomic mass is 35.5. The van der Waals surface area contributed by atoms with Gasteiger partial charge in [-0.2, -0.15) is 0 Å². The third-order valence-corrected chi connectivity index (χ3v) is 3.65. The number of hydrogen-bond acceptors (Lipinski definition) is 4. The highest BCUT2D eigenvalue weighted by Gasteiger charge is 2.07. The van der Waals surface area contributed by atoms with Gasteiger partial charge in [0, 0.05) is 11.9 Å². The van der Waals surface area contributed by atoms with Crippen LogP contribution in [0.5, 0.6) is 0 Å². The number of carboxylic acids is 1. The molecule has 0 spiro atoms. The third kappa shape index (κ3) is 3.00. The minimum absolute atomic E-state index is 0.0475. The second-order valence-corrected chi connectivity index (χ2v) is 5.57. The molecule has 0 aliphatic heterocycles. The first-order chi connectivity index (χ1) is 8.56. The number of rotatable bonds is 4. The summed E-state index contributed by atoms with van der Waals surface area (Å²) >= 11 is 7.40. The van der Waals surface area contributed by atoms with Crippen molar-refractivity contribution in [2.24, 2.45) is 0 Å². The summed E-state index contributed by atoms with van der Waals surface area (Å²) < 4.78 is 0.762. The number of nitrogens with zero attached hydrogens (tertiary/aromatic N) is 2. The number of anilines is 1. The molecule has 0 bridgehead atoms. The smallest absolute Gasteiger partial charge is 0.354 e. The zero-order valence-corrected chi connectivity index (χ0v) is 11.2. The number of halogens is 1. The van der Waals surface area contributed by atoms with Gasteiger partial charge in [0.05, 0.1) is 22.8 Å². The topological polar surface area (TPSA) is 53.4 Å². The molecule has 1 N–H and O–H groups in total. The fourth-order valence-electron chi connectivity index (χ4n) is 1.50. The van der Waals surface area contributed by atoms with Crippen LogP contribution in [-0.4, -0.2) is 23.1 Å². The van der Waals surface area contributed by atoms with Gasteiger partial charge in [-0.3, -0.25) is 0 Å². The lowest BCUT2D eigenvalue weighted by molar-refractivity contribution is 0.0690. The predicted octanol–water partition coefficient (Wildman–Crippen LogP) is 3.13. The molecule has 0 amide bonds. The van der Waals surface area contributed by atoms with Gasteiger partial charge in [-0.05, 0) is 24.3 Å². The highest BCUT2D eigenvalue weighted by Crippen LogP contribution is 2.24. The van der Waals surface area contributed by atoms with E-state index in [2.05, 4.69) is 4.98 Å². The SMILES string of the molecule is CN(Cc1ccc(Cl)s1)c1ccc(C(=O)O)nc1. The molecule has 6 heteroatoms. The van der Waals surface area contributed by atoms with Crippen LogP contribution in [0.4, 0.5) is 5.69 Å². The van der Waals surface area contributed by atoms with Crippen molar-refractivity contribution < 1.29 is 9.90 Å². The van der Waals surface area contributed by atoms with E-state index in [-0.39, 0.29) is 5.69 Å². The van der Waals surface area contributed by atoms with E-state index in [0.717, 1.165) is 14.9 Å². The first-order valence-electron chi connectivity index (χ1n) is 5.21.